The van der Waals surface area contributed by atoms with Gasteiger partial charge >= 0.3 is 0 Å². The van der Waals surface area contributed by atoms with Gasteiger partial charge in [0.05, 0.1) is 22.2 Å². The molecule has 0 aliphatic carbocycles. The van der Waals surface area contributed by atoms with Crippen LogP contribution in [0.2, 0.25) is 13.0 Å². The highest BCUT2D eigenvalue weighted by Crippen LogP contribution is 1.72. The highest BCUT2D eigenvalue weighted by atomic mass is 14.6. The van der Waals surface area contributed by atoms with Gasteiger partial charge in [-0.3, -0.25) is 0 Å². The number of hydrogen-bond acceptors (Lipinski definition) is 0. The maximum atomic E-state index is 5.05. The summed E-state index contributed by atoms with van der Waals surface area (Å²) in [5, 5.41) is 0. The van der Waals surface area contributed by atoms with E-state index in [-0.39, 0.29) is 0 Å². The molecule has 1 N–H and O–H groups in total. The summed E-state index contributed by atoms with van der Waals surface area (Å²) in [6.07, 6.45) is 4.41. The van der Waals surface area contributed by atoms with Crippen molar-refractivity contribution in [1.82, 2.24) is 4.98 Å². The summed E-state index contributed by atoms with van der Waals surface area (Å²) < 4.78 is 0. The second-order valence-corrected chi connectivity index (χ2v) is 1.69. The molecule has 1 aromatic heterocycles. The number of aromatic amines is 1. The van der Waals surface area contributed by atoms with Crippen molar-refractivity contribution < 1.29 is 0 Å². The van der Waals surface area contributed by atoms with E-state index in [1.807, 2.05) is 45.7 Å². The molecule has 1 aromatic rings. The van der Waals surface area contributed by atoms with E-state index >= 15 is 0 Å². The Morgan fingerprint density at radius 1 is 1.40 bits per heavy atom. The van der Waals surface area contributed by atoms with Crippen LogP contribution in [0, 0.1) is 0 Å². The monoisotopic (exact) mass is 129 g/mol. The Kier molecular flexibility index (Phi) is 8.03. The predicted molar refractivity (Wildman–Crippen MR) is 48.7 cm³/mol. The fourth-order valence-corrected chi connectivity index (χ4v) is 0.414. The van der Waals surface area contributed by atoms with Gasteiger partial charge in [-0.2, -0.15) is 0 Å². The van der Waals surface area contributed by atoms with Crippen LogP contribution in [0.1, 0.15) is 0 Å². The third kappa shape index (κ3) is 7.47. The molecule has 10 heavy (non-hydrogen) atoms. The maximum absolute atomic E-state index is 5.05. The van der Waals surface area contributed by atoms with E-state index in [1.54, 1.807) is 0 Å². The normalized spacial score (nSPS) is 7.30. The fourth-order valence-electron chi connectivity index (χ4n) is 0.414. The highest BCUT2D eigenvalue weighted by Gasteiger charge is 1.74. The van der Waals surface area contributed by atoms with Crippen LogP contribution in [-0.4, -0.2) is 27.2 Å². The van der Waals surface area contributed by atoms with Crippen LogP contribution in [0.4, 0.5) is 0 Å². The Morgan fingerprint density at radius 3 is 2.10 bits per heavy atom. The molecule has 0 aromatic carbocycles. The summed E-state index contributed by atoms with van der Waals surface area (Å²) in [6, 6.07) is 3.89. The van der Waals surface area contributed by atoms with Crippen molar-refractivity contribution in [3.05, 3.63) is 24.5 Å². The van der Waals surface area contributed by atoms with Crippen LogP contribution in [-0.2, 0) is 0 Å². The first-order valence-corrected chi connectivity index (χ1v) is 3.30. The van der Waals surface area contributed by atoms with Gasteiger partial charge in [-0.1, -0.05) is 6.82 Å². The Balaban J connectivity index is 0.000000162. The first-order chi connectivity index (χ1) is 4.91. The van der Waals surface area contributed by atoms with Crippen molar-refractivity contribution in [3.8, 4) is 0 Å². The van der Waals surface area contributed by atoms with Crippen molar-refractivity contribution in [1.29, 1.82) is 0 Å². The van der Waals surface area contributed by atoms with Crippen LogP contribution in [0.25, 0.3) is 0 Å². The minimum Gasteiger partial charge on any atom is -0.368 e. The molecular weight excluding hydrogens is 119 g/mol. The van der Waals surface area contributed by atoms with Gasteiger partial charge in [0.25, 0.3) is 0 Å². The smallest absolute Gasteiger partial charge is 0.0600 e. The summed E-state index contributed by atoms with van der Waals surface area (Å²) >= 11 is 0. The molecule has 0 fully saturated rings. The van der Waals surface area contributed by atoms with Gasteiger partial charge in [-0.25, -0.2) is 0 Å². The Morgan fingerprint density at radius 2 is 2.00 bits per heavy atom. The Bertz CT molecular complexity index is 99.3. The standard InChI is InChI=1S/C4H5N.C2H5B3/c1-2-4-5-3-1;1-4-5-2-3/h1-5H;2H2,1H3. The Labute approximate surface area is 65.5 Å². The predicted octanol–water partition coefficient (Wildman–Crippen LogP) is 0.917. The lowest BCUT2D eigenvalue weighted by Crippen LogP contribution is -1.94. The lowest BCUT2D eigenvalue weighted by Gasteiger charge is -1.74. The molecule has 0 aliphatic heterocycles. The molecule has 0 atom stereocenters. The number of aromatic nitrogens is 1. The minimum atomic E-state index is 0.663. The van der Waals surface area contributed by atoms with Crippen LogP contribution in [0.5, 0.6) is 0 Å². The summed E-state index contributed by atoms with van der Waals surface area (Å²) in [7, 11) is 8.89. The van der Waals surface area contributed by atoms with Crippen molar-refractivity contribution in [2.24, 2.45) is 0 Å². The number of rotatable bonds is 2. The molecule has 0 amide bonds. The maximum Gasteiger partial charge on any atom is 0.0600 e. The lowest BCUT2D eigenvalue weighted by molar-refractivity contribution is 1.42. The highest BCUT2D eigenvalue weighted by molar-refractivity contribution is 7.01. The molecule has 0 saturated carbocycles. The quantitative estimate of drug-likeness (QED) is 0.570. The second-order valence-electron chi connectivity index (χ2n) is 1.69. The first kappa shape index (κ1) is 9.47. The molecule has 4 radical (unpaired) electrons. The number of H-pyrrole nitrogens is 1. The van der Waals surface area contributed by atoms with E-state index < -0.39 is 0 Å². The SMILES string of the molecule is [B]C[B][B]C.c1cc[nH]c1. The van der Waals surface area contributed by atoms with Gasteiger partial charge < -0.3 is 4.98 Å². The van der Waals surface area contributed by atoms with E-state index in [9.17, 15) is 0 Å². The minimum absolute atomic E-state index is 0.663. The molecule has 0 saturated heterocycles. The molecule has 1 nitrogen and oxygen atoms in total. The zero-order valence-electron chi connectivity index (χ0n) is 6.25. The lowest BCUT2D eigenvalue weighted by atomic mass is 9.37. The Hall–Kier alpha value is -0.525. The van der Waals surface area contributed by atoms with Crippen molar-refractivity contribution in [2.75, 3.05) is 0 Å². The molecule has 48 valence electrons. The van der Waals surface area contributed by atoms with Gasteiger partial charge in [0.15, 0.2) is 0 Å². The van der Waals surface area contributed by atoms with Crippen LogP contribution in [0.15, 0.2) is 24.5 Å². The zero-order valence-corrected chi connectivity index (χ0v) is 6.25. The van der Waals surface area contributed by atoms with Gasteiger partial charge in [0.2, 0.25) is 0 Å². The first-order valence-electron chi connectivity index (χ1n) is 3.30. The third-order valence-corrected chi connectivity index (χ3v) is 0.868. The van der Waals surface area contributed by atoms with E-state index in [0.29, 0.717) is 6.22 Å². The van der Waals surface area contributed by atoms with E-state index in [2.05, 4.69) is 4.98 Å². The molecule has 0 unspecified atom stereocenters. The number of nitrogens with one attached hydrogen (secondary N) is 1. The van der Waals surface area contributed by atoms with E-state index in [4.69, 9.17) is 7.85 Å². The van der Waals surface area contributed by atoms with Crippen molar-refractivity contribution in [3.63, 3.8) is 0 Å². The molecule has 0 aliphatic rings. The molecular formula is C6H10B3N. The molecule has 0 spiro atoms. The van der Waals surface area contributed by atoms with Gasteiger partial charge in [0, 0.05) is 12.4 Å². The summed E-state index contributed by atoms with van der Waals surface area (Å²) in [6.45, 7) is 1.95. The average Bonchev–Trinajstić information content (AvgIpc) is 2.44. The van der Waals surface area contributed by atoms with Gasteiger partial charge in [-0.05, 0) is 12.1 Å². The fraction of sp³-hybridized carbons (Fsp3) is 0.333. The zero-order chi connectivity index (χ0) is 7.66. The topological polar surface area (TPSA) is 15.8 Å². The number of hydrogen-bond donors (Lipinski definition) is 1. The van der Waals surface area contributed by atoms with Crippen LogP contribution >= 0.6 is 0 Å². The van der Waals surface area contributed by atoms with Crippen molar-refractivity contribution in [2.45, 2.75) is 13.0 Å². The summed E-state index contributed by atoms with van der Waals surface area (Å²) in [5.74, 6) is 0. The van der Waals surface area contributed by atoms with E-state index in [0.717, 1.165) is 0 Å². The third-order valence-electron chi connectivity index (χ3n) is 0.868. The van der Waals surface area contributed by atoms with Gasteiger partial charge in [0.1, 0.15) is 0 Å². The molecule has 1 rings (SSSR count). The van der Waals surface area contributed by atoms with Gasteiger partial charge in [-0.15, -0.1) is 6.22 Å². The van der Waals surface area contributed by atoms with Crippen LogP contribution < -0.4 is 0 Å². The largest absolute Gasteiger partial charge is 0.368 e. The molecule has 1 heterocycles. The average molecular weight is 129 g/mol. The second kappa shape index (κ2) is 8.47. The molecule has 0 bridgehead atoms. The summed E-state index contributed by atoms with van der Waals surface area (Å²) in [4.78, 5) is 2.86. The summed E-state index contributed by atoms with van der Waals surface area (Å²) in [5.41, 5.74) is 0. The van der Waals surface area contributed by atoms with E-state index in [1.165, 1.54) is 0 Å². The molecule has 4 heteroatoms. The van der Waals surface area contributed by atoms with Crippen LogP contribution in [0.3, 0.4) is 0 Å². The van der Waals surface area contributed by atoms with Crippen molar-refractivity contribution >= 4 is 22.2 Å².